The maximum Gasteiger partial charge on any atom is 0.0595 e. The maximum absolute atomic E-state index is 2.43. The van der Waals surface area contributed by atoms with Gasteiger partial charge in [0.05, 0.1) is 1.93 Å². The molecule has 0 saturated carbocycles. The van der Waals surface area contributed by atoms with Gasteiger partial charge in [-0.1, -0.05) is 45.2 Å². The monoisotopic (exact) mass is 312 g/mol. The van der Waals surface area contributed by atoms with Crippen LogP contribution in [0.5, 0.6) is 0 Å². The first kappa shape index (κ1) is 6.68. The Morgan fingerprint density at radius 3 is 1.80 bits per heavy atom. The van der Waals surface area contributed by atoms with Crippen LogP contribution >= 0.6 is 45.2 Å². The van der Waals surface area contributed by atoms with E-state index in [4.69, 9.17) is 0 Å². The summed E-state index contributed by atoms with van der Waals surface area (Å²) in [6.07, 6.45) is 0. The summed E-state index contributed by atoms with van der Waals surface area (Å²) in [5.41, 5.74) is 0. The molecular formula is C2H6I2Si. The molecule has 0 aromatic carbocycles. The lowest BCUT2D eigenvalue weighted by Crippen LogP contribution is -1.76. The van der Waals surface area contributed by atoms with Crippen molar-refractivity contribution < 1.29 is 0 Å². The van der Waals surface area contributed by atoms with E-state index in [2.05, 4.69) is 45.2 Å². The van der Waals surface area contributed by atoms with Crippen molar-refractivity contribution in [1.82, 2.24) is 0 Å². The van der Waals surface area contributed by atoms with Crippen LogP contribution in [0.15, 0.2) is 0 Å². The Hall–Kier alpha value is 1.68. The van der Waals surface area contributed by atoms with Crippen LogP contribution in [0.1, 0.15) is 0 Å². The van der Waals surface area contributed by atoms with Crippen LogP contribution in [0.25, 0.3) is 0 Å². The molecule has 0 atom stereocenters. The minimum absolute atomic E-state index is 0.886. The number of alkyl halides is 2. The zero-order valence-electron chi connectivity index (χ0n) is 3.04. The predicted octanol–water partition coefficient (Wildman–Crippen LogP) is 0.966. The van der Waals surface area contributed by atoms with Gasteiger partial charge < -0.3 is 0 Å². The normalized spacial score (nSPS) is 10.2. The van der Waals surface area contributed by atoms with Gasteiger partial charge in [0.1, 0.15) is 0 Å². The van der Waals surface area contributed by atoms with Crippen molar-refractivity contribution >= 4 is 55.4 Å². The molecule has 0 heterocycles. The fourth-order valence-electron chi connectivity index (χ4n) is 0. The highest BCUT2D eigenvalue weighted by Gasteiger charge is 1.85. The van der Waals surface area contributed by atoms with Crippen LogP contribution in [0.3, 0.4) is 0 Å². The second kappa shape index (κ2) is 3.85. The highest BCUT2D eigenvalue weighted by atomic mass is 127. The third-order valence-corrected chi connectivity index (χ3v) is 6.21. The molecule has 0 aromatic rings. The zero-order valence-corrected chi connectivity index (χ0v) is 9.36. The molecule has 0 amide bonds. The largest absolute Gasteiger partial charge is 0.0713 e. The van der Waals surface area contributed by atoms with Gasteiger partial charge in [0.2, 0.25) is 0 Å². The summed E-state index contributed by atoms with van der Waals surface area (Å²) in [4.78, 5) is 0. The van der Waals surface area contributed by atoms with Crippen molar-refractivity contribution in [3.8, 4) is 0 Å². The van der Waals surface area contributed by atoms with E-state index >= 15 is 0 Å². The standard InChI is InChI=1S/C2H6I2Si/c3-2(4)1-5/h2H,1H2,5H3. The second-order valence-corrected chi connectivity index (χ2v) is 7.01. The van der Waals surface area contributed by atoms with E-state index < -0.39 is 0 Å². The van der Waals surface area contributed by atoms with E-state index in [1.165, 1.54) is 16.3 Å². The number of rotatable bonds is 1. The van der Waals surface area contributed by atoms with Crippen molar-refractivity contribution in [3.05, 3.63) is 0 Å². The third kappa shape index (κ3) is 5.68. The topological polar surface area (TPSA) is 0 Å². The van der Waals surface area contributed by atoms with Crippen molar-refractivity contribution in [3.63, 3.8) is 0 Å². The molecule has 3 heteroatoms. The minimum Gasteiger partial charge on any atom is -0.0713 e. The van der Waals surface area contributed by atoms with Gasteiger partial charge in [-0.2, -0.15) is 0 Å². The SMILES string of the molecule is [SiH3]CC(I)I. The molecule has 0 spiro atoms. The Morgan fingerprint density at radius 1 is 1.60 bits per heavy atom. The summed E-state index contributed by atoms with van der Waals surface area (Å²) in [5.74, 6) is 0. The van der Waals surface area contributed by atoms with Gasteiger partial charge in [-0.3, -0.25) is 0 Å². The van der Waals surface area contributed by atoms with Crippen molar-refractivity contribution in [2.24, 2.45) is 0 Å². The molecule has 0 nitrogen and oxygen atoms in total. The van der Waals surface area contributed by atoms with Gasteiger partial charge in [-0.05, 0) is 6.04 Å². The summed E-state index contributed by atoms with van der Waals surface area (Å²) < 4.78 is 0.886. The van der Waals surface area contributed by atoms with Gasteiger partial charge in [-0.25, -0.2) is 0 Å². The maximum atomic E-state index is 2.43. The molecular weight excluding hydrogens is 306 g/mol. The Labute approximate surface area is 62.8 Å². The van der Waals surface area contributed by atoms with Crippen LogP contribution in [-0.2, 0) is 0 Å². The van der Waals surface area contributed by atoms with Gasteiger partial charge in [0, 0.05) is 10.2 Å². The van der Waals surface area contributed by atoms with Crippen molar-refractivity contribution in [1.29, 1.82) is 0 Å². The van der Waals surface area contributed by atoms with Crippen LogP contribution in [0, 0.1) is 0 Å². The molecule has 0 aliphatic carbocycles. The molecule has 5 heavy (non-hydrogen) atoms. The van der Waals surface area contributed by atoms with E-state index in [-0.39, 0.29) is 0 Å². The Balaban J connectivity index is 2.54. The minimum atomic E-state index is 0.886. The van der Waals surface area contributed by atoms with Crippen molar-refractivity contribution in [2.45, 2.75) is 7.98 Å². The number of hydrogen-bond acceptors (Lipinski definition) is 0. The first-order chi connectivity index (χ1) is 2.27. The highest BCUT2D eigenvalue weighted by Crippen LogP contribution is 2.11. The molecule has 32 valence electrons. The Bertz CT molecular complexity index is 21.6. The zero-order chi connectivity index (χ0) is 4.28. The smallest absolute Gasteiger partial charge is 0.0595 e. The van der Waals surface area contributed by atoms with Gasteiger partial charge in [0.25, 0.3) is 0 Å². The number of hydrogen-bond donors (Lipinski definition) is 0. The summed E-state index contributed by atoms with van der Waals surface area (Å²) in [5, 5.41) is 0. The third-order valence-electron chi connectivity index (χ3n) is 0.309. The highest BCUT2D eigenvalue weighted by molar-refractivity contribution is 14.2. The molecule has 0 aliphatic rings. The Kier molecular flexibility index (Phi) is 5.15. The fraction of sp³-hybridized carbons (Fsp3) is 1.00. The quantitative estimate of drug-likeness (QED) is 0.384. The predicted molar refractivity (Wildman–Crippen MR) is 46.6 cm³/mol. The summed E-state index contributed by atoms with van der Waals surface area (Å²) in [7, 11) is 1.36. The molecule has 0 fully saturated rings. The summed E-state index contributed by atoms with van der Waals surface area (Å²) in [6.45, 7) is 0. The lowest BCUT2D eigenvalue weighted by atomic mass is 11.0. The van der Waals surface area contributed by atoms with Gasteiger partial charge >= 0.3 is 0 Å². The van der Waals surface area contributed by atoms with E-state index in [1.807, 2.05) is 0 Å². The summed E-state index contributed by atoms with van der Waals surface area (Å²) in [6, 6.07) is 1.42. The van der Waals surface area contributed by atoms with Crippen LogP contribution < -0.4 is 0 Å². The lowest BCUT2D eigenvalue weighted by Gasteiger charge is -1.85. The van der Waals surface area contributed by atoms with E-state index in [1.54, 1.807) is 0 Å². The summed E-state index contributed by atoms with van der Waals surface area (Å²) >= 11 is 4.86. The number of halogens is 2. The van der Waals surface area contributed by atoms with E-state index in [0.29, 0.717) is 0 Å². The Morgan fingerprint density at radius 2 is 1.80 bits per heavy atom. The van der Waals surface area contributed by atoms with Crippen LogP contribution in [-0.4, -0.2) is 12.2 Å². The van der Waals surface area contributed by atoms with Crippen molar-refractivity contribution in [2.75, 3.05) is 0 Å². The molecule has 0 aromatic heterocycles. The molecule has 0 saturated heterocycles. The second-order valence-electron chi connectivity index (χ2n) is 0.799. The van der Waals surface area contributed by atoms with E-state index in [0.717, 1.165) is 1.93 Å². The molecule has 0 aliphatic heterocycles. The average Bonchev–Trinajstić information content (AvgIpc) is 1.38. The average molecular weight is 312 g/mol. The van der Waals surface area contributed by atoms with Crippen LogP contribution in [0.4, 0.5) is 0 Å². The van der Waals surface area contributed by atoms with E-state index in [9.17, 15) is 0 Å². The lowest BCUT2D eigenvalue weighted by molar-refractivity contribution is 1.51. The molecule has 0 N–H and O–H groups in total. The van der Waals surface area contributed by atoms with Gasteiger partial charge in [-0.15, -0.1) is 0 Å². The first-order valence-electron chi connectivity index (χ1n) is 1.55. The molecule has 0 unspecified atom stereocenters. The molecule has 0 rings (SSSR count). The van der Waals surface area contributed by atoms with Crippen LogP contribution in [0.2, 0.25) is 6.04 Å². The molecule has 0 bridgehead atoms. The molecule has 0 radical (unpaired) electrons. The first-order valence-corrected chi connectivity index (χ1v) is 5.46. The fourth-order valence-corrected chi connectivity index (χ4v) is 0. The van der Waals surface area contributed by atoms with Gasteiger partial charge in [0.15, 0.2) is 0 Å².